The van der Waals surface area contributed by atoms with Gasteiger partial charge in [0.15, 0.2) is 0 Å². The van der Waals surface area contributed by atoms with E-state index in [1.54, 1.807) is 30.3 Å². The van der Waals surface area contributed by atoms with Gasteiger partial charge in [-0.2, -0.15) is 5.10 Å². The smallest absolute Gasteiger partial charge is 0.271 e. The van der Waals surface area contributed by atoms with Crippen molar-refractivity contribution in [3.63, 3.8) is 0 Å². The Morgan fingerprint density at radius 2 is 1.77 bits per heavy atom. The van der Waals surface area contributed by atoms with Gasteiger partial charge in [-0.15, -0.1) is 0 Å². The van der Waals surface area contributed by atoms with Crippen molar-refractivity contribution in [2.45, 2.75) is 6.54 Å². The van der Waals surface area contributed by atoms with Crippen molar-refractivity contribution < 1.29 is 9.53 Å². The molecule has 0 aliphatic carbocycles. The Bertz CT molecular complexity index is 768. The van der Waals surface area contributed by atoms with Gasteiger partial charge >= 0.3 is 0 Å². The summed E-state index contributed by atoms with van der Waals surface area (Å²) >= 11 is 12.1. The Labute approximate surface area is 162 Å². The lowest BCUT2D eigenvalue weighted by Gasteiger charge is -2.26. The molecule has 7 heteroatoms. The summed E-state index contributed by atoms with van der Waals surface area (Å²) in [4.78, 5) is 14.5. The molecule has 5 nitrogen and oxygen atoms in total. The summed E-state index contributed by atoms with van der Waals surface area (Å²) in [7, 11) is 0. The predicted octanol–water partition coefficient (Wildman–Crippen LogP) is 3.59. The van der Waals surface area contributed by atoms with Crippen molar-refractivity contribution >= 4 is 35.3 Å². The summed E-state index contributed by atoms with van der Waals surface area (Å²) in [5.41, 5.74) is 4.76. The Kier molecular flexibility index (Phi) is 6.63. The maximum Gasteiger partial charge on any atom is 0.271 e. The quantitative estimate of drug-likeness (QED) is 0.625. The number of hydrogen-bond donors (Lipinski definition) is 1. The number of ether oxygens (including phenoxy) is 1. The molecule has 1 heterocycles. The van der Waals surface area contributed by atoms with Crippen LogP contribution in [0.2, 0.25) is 10.0 Å². The highest BCUT2D eigenvalue weighted by molar-refractivity contribution is 6.38. The summed E-state index contributed by atoms with van der Waals surface area (Å²) in [5, 5.41) is 4.89. The van der Waals surface area contributed by atoms with E-state index in [-0.39, 0.29) is 5.91 Å². The van der Waals surface area contributed by atoms with E-state index in [0.29, 0.717) is 21.2 Å². The normalized spacial score (nSPS) is 15.3. The minimum Gasteiger partial charge on any atom is -0.379 e. The molecule has 1 aliphatic heterocycles. The number of hydrazone groups is 1. The molecule has 0 atom stereocenters. The number of hydrogen-bond acceptors (Lipinski definition) is 4. The van der Waals surface area contributed by atoms with E-state index in [1.807, 2.05) is 12.1 Å². The van der Waals surface area contributed by atoms with Crippen molar-refractivity contribution in [2.24, 2.45) is 5.10 Å². The molecule has 2 aromatic carbocycles. The van der Waals surface area contributed by atoms with E-state index >= 15 is 0 Å². The lowest BCUT2D eigenvalue weighted by molar-refractivity contribution is 0.0342. The monoisotopic (exact) mass is 391 g/mol. The zero-order valence-electron chi connectivity index (χ0n) is 14.1. The van der Waals surface area contributed by atoms with Gasteiger partial charge in [0.25, 0.3) is 5.91 Å². The number of carbonyl (C=O) groups excluding carboxylic acids is 1. The molecular weight excluding hydrogens is 373 g/mol. The van der Waals surface area contributed by atoms with Crippen molar-refractivity contribution in [2.75, 3.05) is 26.3 Å². The highest BCUT2D eigenvalue weighted by atomic mass is 35.5. The van der Waals surface area contributed by atoms with E-state index in [2.05, 4.69) is 15.4 Å². The van der Waals surface area contributed by atoms with Crippen LogP contribution < -0.4 is 5.43 Å². The maximum absolute atomic E-state index is 12.2. The van der Waals surface area contributed by atoms with Crippen LogP contribution in [0.4, 0.5) is 0 Å². The minimum absolute atomic E-state index is 0.289. The molecule has 0 radical (unpaired) electrons. The van der Waals surface area contributed by atoms with Crippen LogP contribution in [0.25, 0.3) is 0 Å². The van der Waals surface area contributed by atoms with Crippen molar-refractivity contribution in [3.05, 3.63) is 69.2 Å². The van der Waals surface area contributed by atoms with Gasteiger partial charge in [-0.05, 0) is 29.8 Å². The first-order chi connectivity index (χ1) is 12.6. The molecule has 1 aliphatic rings. The molecule has 1 saturated heterocycles. The third-order valence-electron chi connectivity index (χ3n) is 4.09. The van der Waals surface area contributed by atoms with Gasteiger partial charge in [0.05, 0.1) is 29.5 Å². The zero-order valence-corrected chi connectivity index (χ0v) is 15.6. The number of halogens is 2. The second kappa shape index (κ2) is 9.14. The fraction of sp³-hybridized carbons (Fsp3) is 0.263. The van der Waals surface area contributed by atoms with Gasteiger partial charge in [0.1, 0.15) is 0 Å². The Hall–Kier alpha value is -1.92. The molecule has 1 N–H and O–H groups in total. The summed E-state index contributed by atoms with van der Waals surface area (Å²) < 4.78 is 5.35. The van der Waals surface area contributed by atoms with Crippen LogP contribution in [-0.2, 0) is 11.3 Å². The van der Waals surface area contributed by atoms with Crippen LogP contribution in [0.1, 0.15) is 21.5 Å². The van der Waals surface area contributed by atoms with Crippen molar-refractivity contribution in [3.8, 4) is 0 Å². The van der Waals surface area contributed by atoms with Crippen LogP contribution in [0.15, 0.2) is 47.6 Å². The fourth-order valence-electron chi connectivity index (χ4n) is 2.63. The highest BCUT2D eigenvalue weighted by Crippen LogP contribution is 2.22. The molecule has 0 spiro atoms. The number of amides is 1. The van der Waals surface area contributed by atoms with Crippen molar-refractivity contribution in [1.29, 1.82) is 0 Å². The maximum atomic E-state index is 12.2. The molecule has 0 bridgehead atoms. The first kappa shape index (κ1) is 18.9. The number of carbonyl (C=O) groups is 1. The van der Waals surface area contributed by atoms with E-state index in [4.69, 9.17) is 27.9 Å². The third-order valence-corrected chi connectivity index (χ3v) is 4.74. The summed E-state index contributed by atoms with van der Waals surface area (Å²) in [6.07, 6.45) is 1.44. The lowest BCUT2D eigenvalue weighted by atomic mass is 10.1. The molecule has 136 valence electrons. The summed E-state index contributed by atoms with van der Waals surface area (Å²) in [6, 6.07) is 12.7. The molecule has 0 saturated carbocycles. The van der Waals surface area contributed by atoms with Gasteiger partial charge < -0.3 is 4.74 Å². The van der Waals surface area contributed by atoms with E-state index in [9.17, 15) is 4.79 Å². The molecule has 26 heavy (non-hydrogen) atoms. The Morgan fingerprint density at radius 3 is 2.42 bits per heavy atom. The molecule has 0 aromatic heterocycles. The summed E-state index contributed by atoms with van der Waals surface area (Å²) in [6.45, 7) is 4.26. The first-order valence-electron chi connectivity index (χ1n) is 8.30. The first-order valence-corrected chi connectivity index (χ1v) is 9.05. The van der Waals surface area contributed by atoms with E-state index in [1.165, 1.54) is 6.21 Å². The predicted molar refractivity (Wildman–Crippen MR) is 104 cm³/mol. The molecule has 2 aromatic rings. The second-order valence-corrected chi connectivity index (χ2v) is 6.73. The SMILES string of the molecule is O=C(N/N=C/c1c(Cl)cccc1Cl)c1ccc(CN2CCOCC2)cc1. The van der Waals surface area contributed by atoms with Gasteiger partial charge in [-0.1, -0.05) is 41.4 Å². The zero-order chi connectivity index (χ0) is 18.4. The van der Waals surface area contributed by atoms with Gasteiger partial charge in [0.2, 0.25) is 0 Å². The van der Waals surface area contributed by atoms with E-state index in [0.717, 1.165) is 38.4 Å². The number of nitrogens with one attached hydrogen (secondary N) is 1. The number of nitrogens with zero attached hydrogens (tertiary/aromatic N) is 2. The van der Waals surface area contributed by atoms with Crippen LogP contribution in [-0.4, -0.2) is 43.3 Å². The van der Waals surface area contributed by atoms with Crippen LogP contribution in [0, 0.1) is 0 Å². The Morgan fingerprint density at radius 1 is 1.12 bits per heavy atom. The van der Waals surface area contributed by atoms with Crippen LogP contribution >= 0.6 is 23.2 Å². The largest absolute Gasteiger partial charge is 0.379 e. The Balaban J connectivity index is 1.57. The van der Waals surface area contributed by atoms with Gasteiger partial charge in [0, 0.05) is 30.8 Å². The average Bonchev–Trinajstić information content (AvgIpc) is 2.65. The molecule has 3 rings (SSSR count). The number of morpholine rings is 1. The van der Waals surface area contributed by atoms with E-state index < -0.39 is 0 Å². The van der Waals surface area contributed by atoms with Crippen molar-refractivity contribution in [1.82, 2.24) is 10.3 Å². The molecule has 1 amide bonds. The average molecular weight is 392 g/mol. The molecule has 1 fully saturated rings. The molecule has 0 unspecified atom stereocenters. The number of benzene rings is 2. The minimum atomic E-state index is -0.289. The third kappa shape index (κ3) is 5.05. The standard InChI is InChI=1S/C19H19Cl2N3O2/c20-17-2-1-3-18(21)16(17)12-22-23-19(25)15-6-4-14(5-7-15)13-24-8-10-26-11-9-24/h1-7,12H,8-11,13H2,(H,23,25)/b22-12+. The van der Waals surface area contributed by atoms with Crippen LogP contribution in [0.5, 0.6) is 0 Å². The topological polar surface area (TPSA) is 53.9 Å². The molecular formula is C19H19Cl2N3O2. The lowest BCUT2D eigenvalue weighted by Crippen LogP contribution is -2.35. The van der Waals surface area contributed by atoms with Crippen LogP contribution in [0.3, 0.4) is 0 Å². The fourth-order valence-corrected chi connectivity index (χ4v) is 3.13. The highest BCUT2D eigenvalue weighted by Gasteiger charge is 2.11. The number of rotatable bonds is 5. The van der Waals surface area contributed by atoms with Gasteiger partial charge in [-0.3, -0.25) is 9.69 Å². The second-order valence-electron chi connectivity index (χ2n) is 5.92. The van der Waals surface area contributed by atoms with Gasteiger partial charge in [-0.25, -0.2) is 5.43 Å². The summed E-state index contributed by atoms with van der Waals surface area (Å²) in [5.74, 6) is -0.289.